The molecule has 1 fully saturated rings. The fraction of sp³-hybridized carbons (Fsp3) is 0.533. The van der Waals surface area contributed by atoms with Crippen LogP contribution in [0.2, 0.25) is 0 Å². The molecule has 1 aliphatic carbocycles. The average molecular weight is 523 g/mol. The van der Waals surface area contributed by atoms with Crippen molar-refractivity contribution in [3.05, 3.63) is 71.3 Å². The molecule has 1 heterocycles. The zero-order valence-electron chi connectivity index (χ0n) is 22.7. The third-order valence-electron chi connectivity index (χ3n) is 7.35. The number of carbonyl (C=O) groups is 2. The fourth-order valence-electron chi connectivity index (χ4n) is 5.55. The fourth-order valence-corrected chi connectivity index (χ4v) is 5.55. The molecule has 0 saturated carbocycles. The summed E-state index contributed by atoms with van der Waals surface area (Å²) in [6.45, 7) is 8.05. The topological polar surface area (TPSA) is 114 Å². The van der Waals surface area contributed by atoms with Crippen molar-refractivity contribution in [2.24, 2.45) is 5.92 Å². The smallest absolute Gasteiger partial charge is 0.239 e. The minimum absolute atomic E-state index is 0.0654. The average Bonchev–Trinajstić information content (AvgIpc) is 3.18. The van der Waals surface area contributed by atoms with Gasteiger partial charge in [0.05, 0.1) is 18.2 Å². The second-order valence-electron chi connectivity index (χ2n) is 11.7. The van der Waals surface area contributed by atoms with Gasteiger partial charge in [-0.15, -0.1) is 0 Å². The standard InChI is InChI=1S/C30H42N4O4/c1-30(2,3)33-29(38)25-18-31-13-14-34(25)19-23(35)16-22(15-20-9-5-4-6-10-20)28(37)32-27-24-12-8-7-11-21(24)17-26(27)36/h4-12,22-23,25-27,31,35-36H,13-19H2,1-3H3,(H,32,37)(H,33,38)/t22?,23-,25-,26+,27-/m0/s1. The molecule has 4 rings (SSSR count). The zero-order valence-corrected chi connectivity index (χ0v) is 22.7. The molecule has 1 aliphatic heterocycles. The number of aliphatic hydroxyl groups excluding tert-OH is 2. The molecule has 2 aliphatic rings. The highest BCUT2D eigenvalue weighted by atomic mass is 16.3. The minimum atomic E-state index is -0.793. The summed E-state index contributed by atoms with van der Waals surface area (Å²) >= 11 is 0. The number of aliphatic hydroxyl groups is 2. The molecule has 0 aromatic heterocycles. The van der Waals surface area contributed by atoms with Gasteiger partial charge >= 0.3 is 0 Å². The summed E-state index contributed by atoms with van der Waals surface area (Å²) in [6, 6.07) is 16.7. The first-order chi connectivity index (χ1) is 18.1. The van der Waals surface area contributed by atoms with Crippen molar-refractivity contribution in [3.8, 4) is 0 Å². The quantitative estimate of drug-likeness (QED) is 0.342. The normalized spacial score (nSPS) is 23.3. The highest BCUT2D eigenvalue weighted by Crippen LogP contribution is 2.32. The molecule has 8 heteroatoms. The van der Waals surface area contributed by atoms with Crippen LogP contribution >= 0.6 is 0 Å². The van der Waals surface area contributed by atoms with Crippen molar-refractivity contribution >= 4 is 11.8 Å². The molecule has 2 amide bonds. The number of amides is 2. The Balaban J connectivity index is 1.45. The van der Waals surface area contributed by atoms with E-state index in [0.717, 1.165) is 23.2 Å². The van der Waals surface area contributed by atoms with Crippen molar-refractivity contribution < 1.29 is 19.8 Å². The predicted octanol–water partition coefficient (Wildman–Crippen LogP) is 1.56. The third-order valence-corrected chi connectivity index (χ3v) is 7.35. The number of hydrogen-bond donors (Lipinski definition) is 5. The Morgan fingerprint density at radius 1 is 1.11 bits per heavy atom. The molecule has 0 radical (unpaired) electrons. The Morgan fingerprint density at radius 3 is 2.55 bits per heavy atom. The van der Waals surface area contributed by atoms with Gasteiger partial charge in [0.1, 0.15) is 6.04 Å². The molecule has 38 heavy (non-hydrogen) atoms. The minimum Gasteiger partial charge on any atom is -0.392 e. The van der Waals surface area contributed by atoms with Crippen molar-refractivity contribution in [2.45, 2.75) is 69.9 Å². The maximum absolute atomic E-state index is 13.6. The number of rotatable bonds is 9. The molecular formula is C30H42N4O4. The first-order valence-electron chi connectivity index (χ1n) is 13.7. The lowest BCUT2D eigenvalue weighted by molar-refractivity contribution is -0.130. The molecule has 8 nitrogen and oxygen atoms in total. The molecule has 0 bridgehead atoms. The summed E-state index contributed by atoms with van der Waals surface area (Å²) < 4.78 is 0. The Labute approximate surface area is 225 Å². The Morgan fingerprint density at radius 2 is 1.82 bits per heavy atom. The number of nitrogens with zero attached hydrogens (tertiary/aromatic N) is 1. The van der Waals surface area contributed by atoms with Crippen LogP contribution in [0, 0.1) is 5.92 Å². The van der Waals surface area contributed by atoms with Crippen LogP contribution in [0.15, 0.2) is 54.6 Å². The predicted molar refractivity (Wildman–Crippen MR) is 147 cm³/mol. The van der Waals surface area contributed by atoms with Crippen LogP contribution in [0.1, 0.15) is 49.9 Å². The lowest BCUT2D eigenvalue weighted by Gasteiger charge is -2.38. The van der Waals surface area contributed by atoms with Crippen molar-refractivity contribution in [2.75, 3.05) is 26.2 Å². The van der Waals surface area contributed by atoms with Gasteiger partial charge in [0, 0.05) is 44.1 Å². The van der Waals surface area contributed by atoms with Crippen LogP contribution < -0.4 is 16.0 Å². The molecule has 0 spiro atoms. The van der Waals surface area contributed by atoms with Crippen LogP contribution in [0.5, 0.6) is 0 Å². The van der Waals surface area contributed by atoms with Crippen LogP contribution in [-0.4, -0.2) is 76.9 Å². The number of carbonyl (C=O) groups excluding carboxylic acids is 2. The molecule has 206 valence electrons. The summed E-state index contributed by atoms with van der Waals surface area (Å²) in [6.07, 6.45) is -0.236. The van der Waals surface area contributed by atoms with E-state index in [0.29, 0.717) is 32.5 Å². The second-order valence-corrected chi connectivity index (χ2v) is 11.7. The molecule has 5 N–H and O–H groups in total. The van der Waals surface area contributed by atoms with Crippen LogP contribution in [0.25, 0.3) is 0 Å². The number of piperazine rings is 1. The highest BCUT2D eigenvalue weighted by Gasteiger charge is 2.35. The molecule has 1 saturated heterocycles. The first kappa shape index (κ1) is 28.2. The number of β-amino-alcohol motifs (C(OH)–C–C–N with tert-alkyl or cyclic N) is 1. The summed E-state index contributed by atoms with van der Waals surface area (Å²) in [5.41, 5.74) is 2.65. The van der Waals surface area contributed by atoms with Crippen LogP contribution in [0.3, 0.4) is 0 Å². The summed E-state index contributed by atoms with van der Waals surface area (Å²) in [7, 11) is 0. The summed E-state index contributed by atoms with van der Waals surface area (Å²) in [5.74, 6) is -0.738. The van der Waals surface area contributed by atoms with Gasteiger partial charge in [-0.1, -0.05) is 54.6 Å². The van der Waals surface area contributed by atoms with Gasteiger partial charge in [-0.3, -0.25) is 14.5 Å². The molecule has 1 unspecified atom stereocenters. The Hall–Kier alpha value is -2.78. The maximum atomic E-state index is 13.6. The zero-order chi connectivity index (χ0) is 27.3. The van der Waals surface area contributed by atoms with E-state index in [1.54, 1.807) is 0 Å². The first-order valence-corrected chi connectivity index (χ1v) is 13.7. The van der Waals surface area contributed by atoms with Gasteiger partial charge in [0.15, 0.2) is 0 Å². The Bertz CT molecular complexity index is 1090. The van der Waals surface area contributed by atoms with Crippen LogP contribution in [0.4, 0.5) is 0 Å². The summed E-state index contributed by atoms with van der Waals surface area (Å²) in [4.78, 5) is 28.5. The Kier molecular flexibility index (Phi) is 9.20. The number of hydrogen-bond acceptors (Lipinski definition) is 6. The van der Waals surface area contributed by atoms with E-state index in [1.165, 1.54) is 0 Å². The van der Waals surface area contributed by atoms with E-state index in [-0.39, 0.29) is 29.8 Å². The van der Waals surface area contributed by atoms with Crippen molar-refractivity contribution in [3.63, 3.8) is 0 Å². The SMILES string of the molecule is CC(C)(C)NC(=O)[C@@H]1CNCCN1C[C@@H](O)CC(Cc1ccccc1)C(=O)N[C@H]1c2ccccc2C[C@H]1O. The van der Waals surface area contributed by atoms with E-state index in [4.69, 9.17) is 0 Å². The lowest BCUT2D eigenvalue weighted by atomic mass is 9.91. The van der Waals surface area contributed by atoms with Gasteiger partial charge in [0.25, 0.3) is 0 Å². The number of fused-ring (bicyclic) bond motifs is 1. The molecule has 2 aromatic rings. The largest absolute Gasteiger partial charge is 0.392 e. The van der Waals surface area contributed by atoms with Gasteiger partial charge in [0.2, 0.25) is 11.8 Å². The molecule has 5 atom stereocenters. The van der Waals surface area contributed by atoms with E-state index < -0.39 is 24.2 Å². The van der Waals surface area contributed by atoms with E-state index in [2.05, 4.69) is 16.0 Å². The van der Waals surface area contributed by atoms with E-state index in [9.17, 15) is 19.8 Å². The van der Waals surface area contributed by atoms with Gasteiger partial charge in [-0.25, -0.2) is 0 Å². The van der Waals surface area contributed by atoms with Crippen molar-refractivity contribution in [1.29, 1.82) is 0 Å². The number of nitrogens with one attached hydrogen (secondary N) is 3. The highest BCUT2D eigenvalue weighted by molar-refractivity contribution is 5.83. The van der Waals surface area contributed by atoms with Gasteiger partial charge < -0.3 is 26.2 Å². The van der Waals surface area contributed by atoms with Gasteiger partial charge in [-0.2, -0.15) is 0 Å². The lowest BCUT2D eigenvalue weighted by Crippen LogP contribution is -2.61. The number of benzene rings is 2. The molecular weight excluding hydrogens is 480 g/mol. The third kappa shape index (κ3) is 7.41. The van der Waals surface area contributed by atoms with E-state index in [1.807, 2.05) is 80.3 Å². The molecule has 2 aromatic carbocycles. The second kappa shape index (κ2) is 12.4. The van der Waals surface area contributed by atoms with E-state index >= 15 is 0 Å². The monoisotopic (exact) mass is 522 g/mol. The maximum Gasteiger partial charge on any atom is 0.239 e. The van der Waals surface area contributed by atoms with Crippen molar-refractivity contribution in [1.82, 2.24) is 20.9 Å². The van der Waals surface area contributed by atoms with Crippen LogP contribution in [-0.2, 0) is 22.4 Å². The van der Waals surface area contributed by atoms with Gasteiger partial charge in [-0.05, 0) is 50.3 Å². The summed E-state index contributed by atoms with van der Waals surface area (Å²) in [5, 5.41) is 31.3.